The molecule has 42 heavy (non-hydrogen) atoms. The highest BCUT2D eigenvalue weighted by molar-refractivity contribution is 6.25. The predicted molar refractivity (Wildman–Crippen MR) is 160 cm³/mol. The third kappa shape index (κ3) is 3.48. The Balaban J connectivity index is 1.34. The van der Waals surface area contributed by atoms with Gasteiger partial charge in [0, 0.05) is 11.5 Å². The third-order valence-corrected chi connectivity index (χ3v) is 8.97. The molecule has 8 rings (SSSR count). The number of rotatable bonds is 3. The fraction of sp³-hybridized carbons (Fsp3) is 0.139. The minimum absolute atomic E-state index is 0.312. The minimum atomic E-state index is -0.907. The molecule has 0 bridgehead atoms. The number of fused-ring (bicyclic) bond motifs is 8. The van der Waals surface area contributed by atoms with E-state index < -0.39 is 29.6 Å². The molecule has 5 aromatic carbocycles. The SMILES string of the molecule is COc1ccc([C@@H]2C=C3c4c(ccc5ccccc45)OC(=O)[C@@H]3[C@H]3C(=O)N(c4ccc5ccccc5c4)C(=O)[C@@H]32)cc1. The number of benzene rings is 5. The number of nitrogens with zero attached hydrogens (tertiary/aromatic N) is 1. The number of ether oxygens (including phenoxy) is 2. The first-order valence-corrected chi connectivity index (χ1v) is 14.0. The maximum absolute atomic E-state index is 14.4. The minimum Gasteiger partial charge on any atom is -0.497 e. The molecule has 0 spiro atoms. The number of hydrogen-bond donors (Lipinski definition) is 0. The Morgan fingerprint density at radius 1 is 0.714 bits per heavy atom. The average molecular weight is 552 g/mol. The molecule has 2 heterocycles. The van der Waals surface area contributed by atoms with Crippen LogP contribution in [-0.2, 0) is 14.4 Å². The van der Waals surface area contributed by atoms with Gasteiger partial charge in [0.2, 0.25) is 11.8 Å². The lowest BCUT2D eigenvalue weighted by atomic mass is 9.64. The molecule has 0 saturated carbocycles. The van der Waals surface area contributed by atoms with Crippen LogP contribution in [0.25, 0.3) is 27.1 Å². The second kappa shape index (κ2) is 9.14. The zero-order chi connectivity index (χ0) is 28.5. The number of carbonyl (C=O) groups is 3. The van der Waals surface area contributed by atoms with E-state index in [4.69, 9.17) is 9.47 Å². The molecular weight excluding hydrogens is 526 g/mol. The normalized spacial score (nSPS) is 22.8. The van der Waals surface area contributed by atoms with Crippen molar-refractivity contribution in [2.45, 2.75) is 5.92 Å². The zero-order valence-electron chi connectivity index (χ0n) is 22.7. The van der Waals surface area contributed by atoms with Gasteiger partial charge in [-0.3, -0.25) is 14.4 Å². The van der Waals surface area contributed by atoms with Gasteiger partial charge in [0.25, 0.3) is 0 Å². The van der Waals surface area contributed by atoms with Gasteiger partial charge in [-0.25, -0.2) is 4.90 Å². The second-order valence-electron chi connectivity index (χ2n) is 11.1. The highest BCUT2D eigenvalue weighted by atomic mass is 16.5. The van der Waals surface area contributed by atoms with Crippen LogP contribution in [0, 0.1) is 17.8 Å². The van der Waals surface area contributed by atoms with Gasteiger partial charge < -0.3 is 9.47 Å². The van der Waals surface area contributed by atoms with E-state index in [1.54, 1.807) is 13.2 Å². The van der Waals surface area contributed by atoms with Crippen LogP contribution in [0.1, 0.15) is 17.0 Å². The van der Waals surface area contributed by atoms with E-state index in [1.807, 2.05) is 103 Å². The monoisotopic (exact) mass is 551 g/mol. The molecule has 0 unspecified atom stereocenters. The fourth-order valence-electron chi connectivity index (χ4n) is 7.05. The molecular formula is C36H25NO5. The molecule has 2 aliphatic heterocycles. The fourth-order valence-corrected chi connectivity index (χ4v) is 7.05. The van der Waals surface area contributed by atoms with Gasteiger partial charge in [-0.1, -0.05) is 78.9 Å². The first-order valence-electron chi connectivity index (χ1n) is 14.0. The number of methoxy groups -OCH3 is 1. The number of imide groups is 1. The quantitative estimate of drug-likeness (QED) is 0.145. The van der Waals surface area contributed by atoms with Crippen molar-refractivity contribution in [3.05, 3.63) is 120 Å². The number of esters is 1. The van der Waals surface area contributed by atoms with Crippen molar-refractivity contribution in [1.82, 2.24) is 0 Å². The molecule has 6 heteroatoms. The molecule has 6 nitrogen and oxygen atoms in total. The molecule has 1 saturated heterocycles. The summed E-state index contributed by atoms with van der Waals surface area (Å²) in [5, 5.41) is 3.88. The first-order chi connectivity index (χ1) is 20.5. The lowest BCUT2D eigenvalue weighted by molar-refractivity contribution is -0.142. The largest absolute Gasteiger partial charge is 0.497 e. The smallest absolute Gasteiger partial charge is 0.319 e. The summed E-state index contributed by atoms with van der Waals surface area (Å²) < 4.78 is 11.3. The van der Waals surface area contributed by atoms with Crippen molar-refractivity contribution in [1.29, 1.82) is 0 Å². The Hall–Kier alpha value is -5.23. The molecule has 4 atom stereocenters. The summed E-state index contributed by atoms with van der Waals surface area (Å²) in [5.41, 5.74) is 2.92. The van der Waals surface area contributed by atoms with Crippen LogP contribution in [-0.4, -0.2) is 24.9 Å². The standard InChI is InChI=1S/C36H25NO5/c1-41-25-15-11-22(12-16-25)27-19-28-30-26-9-5-4-7-21(26)13-17-29(30)42-36(40)32(28)33-31(27)34(38)37(35(33)39)24-14-10-20-6-2-3-8-23(20)18-24/h2-19,27,31-33H,1H3/t27-,31+,32-,33-/m0/s1. The molecule has 0 aromatic heterocycles. The molecule has 5 aromatic rings. The van der Waals surface area contributed by atoms with Crippen LogP contribution in [0.15, 0.2) is 109 Å². The first kappa shape index (κ1) is 24.6. The van der Waals surface area contributed by atoms with Crippen molar-refractivity contribution in [2.24, 2.45) is 17.8 Å². The Bertz CT molecular complexity index is 1990. The van der Waals surface area contributed by atoms with Crippen molar-refractivity contribution in [3.8, 4) is 11.5 Å². The summed E-state index contributed by atoms with van der Waals surface area (Å²) in [6, 6.07) is 32.6. The summed E-state index contributed by atoms with van der Waals surface area (Å²) in [5.74, 6) is -3.05. The maximum Gasteiger partial charge on any atom is 0.319 e. The Labute approximate surface area is 241 Å². The topological polar surface area (TPSA) is 72.9 Å². The summed E-state index contributed by atoms with van der Waals surface area (Å²) in [6.45, 7) is 0. The summed E-state index contributed by atoms with van der Waals surface area (Å²) >= 11 is 0. The van der Waals surface area contributed by atoms with Crippen molar-refractivity contribution in [2.75, 3.05) is 12.0 Å². The summed E-state index contributed by atoms with van der Waals surface area (Å²) in [7, 11) is 1.61. The number of carbonyl (C=O) groups excluding carboxylic acids is 3. The second-order valence-corrected chi connectivity index (χ2v) is 11.1. The Kier molecular flexibility index (Phi) is 5.35. The molecule has 0 N–H and O–H groups in total. The predicted octanol–water partition coefficient (Wildman–Crippen LogP) is 6.52. The molecule has 1 aliphatic carbocycles. The van der Waals surface area contributed by atoms with E-state index >= 15 is 0 Å². The van der Waals surface area contributed by atoms with Crippen molar-refractivity contribution in [3.63, 3.8) is 0 Å². The number of hydrogen-bond acceptors (Lipinski definition) is 5. The Morgan fingerprint density at radius 2 is 1.40 bits per heavy atom. The van der Waals surface area contributed by atoms with E-state index in [1.165, 1.54) is 4.90 Å². The van der Waals surface area contributed by atoms with Crippen LogP contribution >= 0.6 is 0 Å². The van der Waals surface area contributed by atoms with Gasteiger partial charge in [-0.15, -0.1) is 0 Å². The van der Waals surface area contributed by atoms with Gasteiger partial charge in [0.15, 0.2) is 0 Å². The number of allylic oxidation sites excluding steroid dienone is 1. The van der Waals surface area contributed by atoms with Crippen LogP contribution in [0.4, 0.5) is 5.69 Å². The molecule has 3 aliphatic rings. The van der Waals surface area contributed by atoms with Crippen molar-refractivity contribution < 1.29 is 23.9 Å². The molecule has 204 valence electrons. The molecule has 1 fully saturated rings. The van der Waals surface area contributed by atoms with E-state index in [9.17, 15) is 14.4 Å². The highest BCUT2D eigenvalue weighted by Crippen LogP contribution is 2.56. The zero-order valence-corrected chi connectivity index (χ0v) is 22.7. The van der Waals surface area contributed by atoms with Crippen LogP contribution in [0.3, 0.4) is 0 Å². The van der Waals surface area contributed by atoms with Crippen molar-refractivity contribution >= 4 is 50.6 Å². The summed E-state index contributed by atoms with van der Waals surface area (Å²) in [4.78, 5) is 43.7. The van der Waals surface area contributed by atoms with Gasteiger partial charge in [-0.2, -0.15) is 0 Å². The van der Waals surface area contributed by atoms with Gasteiger partial charge in [0.1, 0.15) is 11.5 Å². The highest BCUT2D eigenvalue weighted by Gasteiger charge is 2.60. The van der Waals surface area contributed by atoms with Gasteiger partial charge in [-0.05, 0) is 63.0 Å². The Morgan fingerprint density at radius 3 is 2.19 bits per heavy atom. The molecule has 0 radical (unpaired) electrons. The lowest BCUT2D eigenvalue weighted by Gasteiger charge is -2.38. The van der Waals surface area contributed by atoms with E-state index in [0.29, 0.717) is 17.2 Å². The number of anilines is 1. The summed E-state index contributed by atoms with van der Waals surface area (Å²) in [6.07, 6.45) is 2.02. The van der Waals surface area contributed by atoms with E-state index in [0.717, 1.165) is 38.2 Å². The van der Waals surface area contributed by atoms with E-state index in [2.05, 4.69) is 0 Å². The molecule has 2 amide bonds. The van der Waals surface area contributed by atoms with Crippen LogP contribution in [0.2, 0.25) is 0 Å². The maximum atomic E-state index is 14.4. The van der Waals surface area contributed by atoms with Crippen LogP contribution in [0.5, 0.6) is 11.5 Å². The van der Waals surface area contributed by atoms with Gasteiger partial charge in [0.05, 0.1) is 30.6 Å². The van der Waals surface area contributed by atoms with Gasteiger partial charge >= 0.3 is 5.97 Å². The number of amides is 2. The van der Waals surface area contributed by atoms with E-state index in [-0.39, 0.29) is 11.8 Å². The third-order valence-electron chi connectivity index (χ3n) is 8.97. The lowest BCUT2D eigenvalue weighted by Crippen LogP contribution is -2.42. The average Bonchev–Trinajstić information content (AvgIpc) is 3.29. The van der Waals surface area contributed by atoms with Crippen LogP contribution < -0.4 is 14.4 Å².